The minimum absolute atomic E-state index is 0.0790. The molecule has 1 amide bonds. The van der Waals surface area contributed by atoms with E-state index in [-0.39, 0.29) is 18.4 Å². The SMILES string of the molecule is O=C(COc1ccccc1)Nc1ccc(Cl)c(-c2nc3ccccc3c(=O)o2)c1. The smallest absolute Gasteiger partial charge is 0.347 e. The van der Waals surface area contributed by atoms with Crippen molar-refractivity contribution in [3.63, 3.8) is 0 Å². The number of amides is 1. The number of aromatic nitrogens is 1. The summed E-state index contributed by atoms with van der Waals surface area (Å²) in [7, 11) is 0. The first-order valence-electron chi connectivity index (χ1n) is 8.78. The van der Waals surface area contributed by atoms with Gasteiger partial charge in [-0.25, -0.2) is 9.78 Å². The maximum Gasteiger partial charge on any atom is 0.347 e. The number of nitrogens with zero attached hydrogens (tertiary/aromatic N) is 1. The predicted octanol–water partition coefficient (Wildman–Crippen LogP) is 4.53. The Kier molecular flexibility index (Phi) is 5.27. The molecule has 1 heterocycles. The number of carbonyl (C=O) groups is 1. The number of carbonyl (C=O) groups excluding carboxylic acids is 1. The minimum atomic E-state index is -0.507. The van der Waals surface area contributed by atoms with Gasteiger partial charge in [0.1, 0.15) is 5.75 Å². The predicted molar refractivity (Wildman–Crippen MR) is 111 cm³/mol. The fourth-order valence-corrected chi connectivity index (χ4v) is 2.96. The Bertz CT molecular complexity index is 1240. The van der Waals surface area contributed by atoms with Crippen molar-refractivity contribution in [1.29, 1.82) is 0 Å². The number of nitrogens with one attached hydrogen (secondary N) is 1. The Morgan fingerprint density at radius 3 is 2.62 bits per heavy atom. The van der Waals surface area contributed by atoms with Gasteiger partial charge in [0.05, 0.1) is 21.5 Å². The third kappa shape index (κ3) is 4.28. The van der Waals surface area contributed by atoms with Crippen LogP contribution in [-0.4, -0.2) is 17.5 Å². The third-order valence-electron chi connectivity index (χ3n) is 4.13. The van der Waals surface area contributed by atoms with Gasteiger partial charge in [0.25, 0.3) is 5.91 Å². The molecular weight excluding hydrogens is 392 g/mol. The average molecular weight is 407 g/mol. The monoisotopic (exact) mass is 406 g/mol. The van der Waals surface area contributed by atoms with E-state index in [9.17, 15) is 9.59 Å². The molecule has 0 atom stereocenters. The number of para-hydroxylation sites is 2. The lowest BCUT2D eigenvalue weighted by molar-refractivity contribution is -0.118. The van der Waals surface area contributed by atoms with E-state index in [2.05, 4.69) is 10.3 Å². The third-order valence-corrected chi connectivity index (χ3v) is 4.46. The minimum Gasteiger partial charge on any atom is -0.484 e. The lowest BCUT2D eigenvalue weighted by Gasteiger charge is -2.10. The molecule has 0 spiro atoms. The molecular formula is C22H15ClN2O4. The van der Waals surface area contributed by atoms with Crippen LogP contribution in [0.15, 0.2) is 82.0 Å². The molecule has 1 N–H and O–H groups in total. The highest BCUT2D eigenvalue weighted by molar-refractivity contribution is 6.33. The van der Waals surface area contributed by atoms with Crippen LogP contribution in [0.2, 0.25) is 5.02 Å². The highest BCUT2D eigenvalue weighted by atomic mass is 35.5. The first-order chi connectivity index (χ1) is 14.1. The Balaban J connectivity index is 1.56. The number of benzene rings is 3. The van der Waals surface area contributed by atoms with Gasteiger partial charge in [0.2, 0.25) is 5.89 Å². The summed E-state index contributed by atoms with van der Waals surface area (Å²) in [4.78, 5) is 28.8. The van der Waals surface area contributed by atoms with Crippen molar-refractivity contribution in [2.75, 3.05) is 11.9 Å². The molecule has 6 nitrogen and oxygen atoms in total. The van der Waals surface area contributed by atoms with E-state index < -0.39 is 5.63 Å². The van der Waals surface area contributed by atoms with Crippen molar-refractivity contribution >= 4 is 34.1 Å². The van der Waals surface area contributed by atoms with Crippen LogP contribution in [0.1, 0.15) is 0 Å². The summed E-state index contributed by atoms with van der Waals surface area (Å²) in [6, 6.07) is 20.8. The second kappa shape index (κ2) is 8.16. The molecule has 1 aromatic heterocycles. The van der Waals surface area contributed by atoms with Crippen molar-refractivity contribution in [1.82, 2.24) is 4.98 Å². The molecule has 0 fully saturated rings. The molecule has 29 heavy (non-hydrogen) atoms. The van der Waals surface area contributed by atoms with E-state index in [0.717, 1.165) is 0 Å². The van der Waals surface area contributed by atoms with E-state index in [0.29, 0.717) is 32.9 Å². The van der Waals surface area contributed by atoms with Crippen molar-refractivity contribution in [3.05, 3.63) is 88.2 Å². The Morgan fingerprint density at radius 1 is 1.03 bits per heavy atom. The van der Waals surface area contributed by atoms with Crippen LogP contribution in [0.5, 0.6) is 5.75 Å². The van der Waals surface area contributed by atoms with Crippen LogP contribution in [0.4, 0.5) is 5.69 Å². The van der Waals surface area contributed by atoms with E-state index in [4.69, 9.17) is 20.8 Å². The molecule has 0 aliphatic heterocycles. The van der Waals surface area contributed by atoms with Gasteiger partial charge in [0, 0.05) is 5.69 Å². The molecule has 0 aliphatic carbocycles. The zero-order valence-electron chi connectivity index (χ0n) is 15.1. The molecule has 0 saturated heterocycles. The number of halogens is 1. The number of rotatable bonds is 5. The van der Waals surface area contributed by atoms with Gasteiger partial charge in [-0.05, 0) is 42.5 Å². The second-order valence-electron chi connectivity index (χ2n) is 6.17. The molecule has 4 rings (SSSR count). The van der Waals surface area contributed by atoms with Gasteiger partial charge in [-0.15, -0.1) is 0 Å². The van der Waals surface area contributed by atoms with Crippen LogP contribution in [-0.2, 0) is 4.79 Å². The number of hydrogen-bond donors (Lipinski definition) is 1. The summed E-state index contributed by atoms with van der Waals surface area (Å²) in [5, 5.41) is 3.46. The molecule has 0 unspecified atom stereocenters. The van der Waals surface area contributed by atoms with Crippen molar-refractivity contribution in [2.45, 2.75) is 0 Å². The first-order valence-corrected chi connectivity index (χ1v) is 9.15. The number of ether oxygens (including phenoxy) is 1. The average Bonchev–Trinajstić information content (AvgIpc) is 2.74. The Morgan fingerprint density at radius 2 is 1.79 bits per heavy atom. The van der Waals surface area contributed by atoms with Gasteiger partial charge in [0.15, 0.2) is 6.61 Å². The van der Waals surface area contributed by atoms with Crippen molar-refractivity contribution < 1.29 is 13.9 Å². The van der Waals surface area contributed by atoms with Crippen LogP contribution < -0.4 is 15.7 Å². The largest absolute Gasteiger partial charge is 0.484 e. The fourth-order valence-electron chi connectivity index (χ4n) is 2.76. The summed E-state index contributed by atoms with van der Waals surface area (Å²) >= 11 is 6.27. The summed E-state index contributed by atoms with van der Waals surface area (Å²) in [5.74, 6) is 0.340. The van der Waals surface area contributed by atoms with E-state index in [1.54, 1.807) is 54.6 Å². The summed E-state index contributed by atoms with van der Waals surface area (Å²) < 4.78 is 10.8. The van der Waals surface area contributed by atoms with Crippen LogP contribution in [0.3, 0.4) is 0 Å². The van der Waals surface area contributed by atoms with E-state index >= 15 is 0 Å². The number of anilines is 1. The summed E-state index contributed by atoms with van der Waals surface area (Å²) in [5.41, 5.74) is 0.868. The summed E-state index contributed by atoms with van der Waals surface area (Å²) in [6.07, 6.45) is 0. The van der Waals surface area contributed by atoms with Gasteiger partial charge in [-0.1, -0.05) is 41.9 Å². The van der Waals surface area contributed by atoms with Gasteiger partial charge >= 0.3 is 5.63 Å². The van der Waals surface area contributed by atoms with Crippen molar-refractivity contribution in [3.8, 4) is 17.2 Å². The molecule has 144 valence electrons. The maximum absolute atomic E-state index is 12.2. The fraction of sp³-hybridized carbons (Fsp3) is 0.0455. The van der Waals surface area contributed by atoms with E-state index in [1.807, 2.05) is 18.2 Å². The lowest BCUT2D eigenvalue weighted by atomic mass is 10.2. The molecule has 0 radical (unpaired) electrons. The van der Waals surface area contributed by atoms with Gasteiger partial charge < -0.3 is 14.5 Å². The topological polar surface area (TPSA) is 81.4 Å². The molecule has 4 aromatic rings. The van der Waals surface area contributed by atoms with Crippen LogP contribution >= 0.6 is 11.6 Å². The maximum atomic E-state index is 12.2. The van der Waals surface area contributed by atoms with Crippen molar-refractivity contribution in [2.24, 2.45) is 0 Å². The van der Waals surface area contributed by atoms with E-state index in [1.165, 1.54) is 0 Å². The molecule has 0 bridgehead atoms. The molecule has 3 aromatic carbocycles. The Hall–Kier alpha value is -3.64. The molecule has 0 aliphatic rings. The normalized spacial score (nSPS) is 10.7. The Labute approximate surface area is 170 Å². The first kappa shape index (κ1) is 18.7. The molecule has 7 heteroatoms. The highest BCUT2D eigenvalue weighted by Gasteiger charge is 2.13. The quantitative estimate of drug-likeness (QED) is 0.526. The van der Waals surface area contributed by atoms with Crippen LogP contribution in [0.25, 0.3) is 22.4 Å². The number of hydrogen-bond acceptors (Lipinski definition) is 5. The van der Waals surface area contributed by atoms with Gasteiger partial charge in [-0.3, -0.25) is 4.79 Å². The van der Waals surface area contributed by atoms with Crippen LogP contribution in [0, 0.1) is 0 Å². The second-order valence-corrected chi connectivity index (χ2v) is 6.58. The molecule has 0 saturated carbocycles. The lowest BCUT2D eigenvalue weighted by Crippen LogP contribution is -2.20. The highest BCUT2D eigenvalue weighted by Crippen LogP contribution is 2.29. The zero-order valence-corrected chi connectivity index (χ0v) is 15.8. The number of fused-ring (bicyclic) bond motifs is 1. The standard InChI is InChI=1S/C22H15ClN2O4/c23-18-11-10-14(24-20(26)13-28-15-6-2-1-3-7-15)12-17(18)21-25-19-9-5-4-8-16(19)22(27)29-21/h1-12H,13H2,(H,24,26). The summed E-state index contributed by atoms with van der Waals surface area (Å²) in [6.45, 7) is -0.148. The zero-order chi connectivity index (χ0) is 20.2. The van der Waals surface area contributed by atoms with Gasteiger partial charge in [-0.2, -0.15) is 0 Å².